The maximum absolute atomic E-state index is 13.0. The number of fused-ring (bicyclic) bond motifs is 3. The summed E-state index contributed by atoms with van der Waals surface area (Å²) in [4.78, 5) is 53.9. The van der Waals surface area contributed by atoms with Crippen LogP contribution in [-0.2, 0) is 32.8 Å². The van der Waals surface area contributed by atoms with Crippen LogP contribution >= 0.6 is 11.6 Å². The van der Waals surface area contributed by atoms with Gasteiger partial charge in [-0.15, -0.1) is 0 Å². The summed E-state index contributed by atoms with van der Waals surface area (Å²) < 4.78 is 0. The lowest BCUT2D eigenvalue weighted by atomic mass is 9.73. The summed E-state index contributed by atoms with van der Waals surface area (Å²) in [6.07, 6.45) is 6.32. The van der Waals surface area contributed by atoms with Crippen LogP contribution in [0.2, 0.25) is 5.02 Å². The zero-order chi connectivity index (χ0) is 27.1. The number of hydrogen-bond acceptors (Lipinski definition) is 5. The Labute approximate surface area is 233 Å². The highest BCUT2D eigenvalue weighted by Crippen LogP contribution is 2.45. The number of anilines is 1. The number of carbonyl (C=O) groups is 4. The Balaban J connectivity index is 0.986. The predicted octanol–water partition coefficient (Wildman–Crippen LogP) is 3.80. The summed E-state index contributed by atoms with van der Waals surface area (Å²) >= 11 is 6.24. The molecule has 9 heteroatoms. The van der Waals surface area contributed by atoms with Crippen LogP contribution < -0.4 is 10.6 Å². The van der Waals surface area contributed by atoms with Crippen LogP contribution in [0, 0.1) is 0 Å². The lowest BCUT2D eigenvalue weighted by Crippen LogP contribution is -2.52. The van der Waals surface area contributed by atoms with E-state index in [1.54, 1.807) is 4.90 Å². The van der Waals surface area contributed by atoms with Gasteiger partial charge in [0, 0.05) is 29.2 Å². The molecule has 4 aliphatic rings. The number of rotatable bonds is 7. The van der Waals surface area contributed by atoms with E-state index in [1.165, 1.54) is 5.56 Å². The largest absolute Gasteiger partial charge is 0.325 e. The van der Waals surface area contributed by atoms with Crippen molar-refractivity contribution in [1.82, 2.24) is 15.1 Å². The van der Waals surface area contributed by atoms with Crippen LogP contribution in [0.4, 0.5) is 5.69 Å². The summed E-state index contributed by atoms with van der Waals surface area (Å²) in [5.41, 5.74) is 4.35. The van der Waals surface area contributed by atoms with Crippen LogP contribution in [-0.4, -0.2) is 59.1 Å². The lowest BCUT2D eigenvalue weighted by molar-refractivity contribution is -0.137. The minimum atomic E-state index is -0.583. The standard InChI is InChI=1S/C30H33ClN4O4/c31-20-8-9-24-23(17-20)30(29(39)32-24)12-15-34(16-13-30)14-3-1-2-5-19-6-4-7-21-22(19)18-35(28(21)38)25-10-11-26(36)33-27(25)37/h4,6-9,17,25H,1-3,5,10-16,18H2,(H,32,39)(H,33,36,37). The Morgan fingerprint density at radius 1 is 0.974 bits per heavy atom. The Hall–Kier alpha value is -3.23. The Bertz CT molecular complexity index is 1350. The molecule has 4 aliphatic heterocycles. The van der Waals surface area contributed by atoms with Crippen LogP contribution in [0.3, 0.4) is 0 Å². The SMILES string of the molecule is O=C1CCC(N2Cc3c(CCCCCN4CCC5(CC4)C(=O)Nc4ccc(Cl)cc45)cccc3C2=O)C(=O)N1. The molecule has 4 heterocycles. The number of benzene rings is 2. The maximum Gasteiger partial charge on any atom is 0.255 e. The Kier molecular flexibility index (Phi) is 6.93. The second-order valence-corrected chi connectivity index (χ2v) is 11.7. The van der Waals surface area contributed by atoms with E-state index in [1.807, 2.05) is 30.3 Å². The van der Waals surface area contributed by atoms with E-state index in [0.717, 1.165) is 75.0 Å². The number of nitrogens with one attached hydrogen (secondary N) is 2. The van der Waals surface area contributed by atoms with Crippen molar-refractivity contribution in [2.45, 2.75) is 69.4 Å². The maximum atomic E-state index is 13.0. The van der Waals surface area contributed by atoms with Gasteiger partial charge in [0.2, 0.25) is 17.7 Å². The number of carbonyl (C=O) groups excluding carboxylic acids is 4. The van der Waals surface area contributed by atoms with Crippen molar-refractivity contribution in [2.24, 2.45) is 0 Å². The number of likely N-dealkylation sites (tertiary alicyclic amines) is 1. The highest BCUT2D eigenvalue weighted by molar-refractivity contribution is 6.31. The highest BCUT2D eigenvalue weighted by atomic mass is 35.5. The van der Waals surface area contributed by atoms with Crippen molar-refractivity contribution in [3.05, 3.63) is 63.7 Å². The number of aryl methyl sites for hydroxylation is 1. The molecule has 204 valence electrons. The van der Waals surface area contributed by atoms with Crippen LogP contribution in [0.1, 0.15) is 72.0 Å². The molecular weight excluding hydrogens is 516 g/mol. The summed E-state index contributed by atoms with van der Waals surface area (Å²) in [6, 6.07) is 10.9. The fourth-order valence-corrected chi connectivity index (χ4v) is 6.92. The van der Waals surface area contributed by atoms with Gasteiger partial charge in [-0.25, -0.2) is 0 Å². The van der Waals surface area contributed by atoms with Crippen molar-refractivity contribution >= 4 is 40.9 Å². The fraction of sp³-hybridized carbons (Fsp3) is 0.467. The van der Waals surface area contributed by atoms with Crippen LogP contribution in [0.15, 0.2) is 36.4 Å². The van der Waals surface area contributed by atoms with Crippen molar-refractivity contribution in [3.8, 4) is 0 Å². The first-order valence-corrected chi connectivity index (χ1v) is 14.3. The summed E-state index contributed by atoms with van der Waals surface area (Å²) in [7, 11) is 0. The topological polar surface area (TPSA) is 98.8 Å². The zero-order valence-corrected chi connectivity index (χ0v) is 22.7. The molecule has 1 unspecified atom stereocenters. The molecule has 2 aromatic carbocycles. The van der Waals surface area contributed by atoms with Gasteiger partial charge in [-0.1, -0.05) is 30.2 Å². The first-order chi connectivity index (χ1) is 18.9. The Morgan fingerprint density at radius 3 is 2.59 bits per heavy atom. The van der Waals surface area contributed by atoms with Gasteiger partial charge >= 0.3 is 0 Å². The molecule has 1 atom stereocenters. The van der Waals surface area contributed by atoms with E-state index < -0.39 is 11.5 Å². The number of nitrogens with zero attached hydrogens (tertiary/aromatic N) is 2. The number of halogens is 1. The van der Waals surface area contributed by atoms with Gasteiger partial charge in [0.25, 0.3) is 5.91 Å². The van der Waals surface area contributed by atoms with Gasteiger partial charge in [0.05, 0.1) is 5.41 Å². The van der Waals surface area contributed by atoms with Gasteiger partial charge < -0.3 is 15.1 Å². The molecule has 1 spiro atoms. The van der Waals surface area contributed by atoms with E-state index in [9.17, 15) is 19.2 Å². The molecule has 39 heavy (non-hydrogen) atoms. The van der Waals surface area contributed by atoms with Crippen molar-refractivity contribution in [2.75, 3.05) is 25.0 Å². The van der Waals surface area contributed by atoms with Crippen molar-refractivity contribution < 1.29 is 19.2 Å². The Morgan fingerprint density at radius 2 is 1.79 bits per heavy atom. The fourth-order valence-electron chi connectivity index (χ4n) is 6.75. The molecule has 0 aromatic heterocycles. The van der Waals surface area contributed by atoms with E-state index in [0.29, 0.717) is 23.6 Å². The zero-order valence-electron chi connectivity index (χ0n) is 21.9. The average molecular weight is 549 g/mol. The third-order valence-electron chi connectivity index (χ3n) is 8.99. The van der Waals surface area contributed by atoms with E-state index in [-0.39, 0.29) is 30.0 Å². The number of unbranched alkanes of at least 4 members (excludes halogenated alkanes) is 2. The lowest BCUT2D eigenvalue weighted by Gasteiger charge is -2.38. The first-order valence-electron chi connectivity index (χ1n) is 13.9. The van der Waals surface area contributed by atoms with Gasteiger partial charge in [-0.3, -0.25) is 24.5 Å². The second-order valence-electron chi connectivity index (χ2n) is 11.2. The predicted molar refractivity (Wildman–Crippen MR) is 147 cm³/mol. The number of piperidine rings is 2. The highest BCUT2D eigenvalue weighted by Gasteiger charge is 2.48. The monoisotopic (exact) mass is 548 g/mol. The number of amides is 4. The molecular formula is C30H33ClN4O4. The second kappa shape index (κ2) is 10.4. The molecule has 6 rings (SSSR count). The van der Waals surface area contributed by atoms with Crippen LogP contribution in [0.25, 0.3) is 0 Å². The smallest absolute Gasteiger partial charge is 0.255 e. The van der Waals surface area contributed by atoms with Crippen LogP contribution in [0.5, 0.6) is 0 Å². The van der Waals surface area contributed by atoms with E-state index in [2.05, 4.69) is 21.6 Å². The normalized spacial score (nSPS) is 22.2. The molecule has 2 aromatic rings. The van der Waals surface area contributed by atoms with Crippen molar-refractivity contribution in [1.29, 1.82) is 0 Å². The summed E-state index contributed by atoms with van der Waals surface area (Å²) in [6.45, 7) is 3.22. The van der Waals surface area contributed by atoms with Gasteiger partial charge in [0.15, 0.2) is 0 Å². The minimum Gasteiger partial charge on any atom is -0.325 e. The molecule has 2 saturated heterocycles. The quantitative estimate of drug-likeness (QED) is 0.405. The minimum absolute atomic E-state index is 0.101. The van der Waals surface area contributed by atoms with E-state index in [4.69, 9.17) is 11.6 Å². The molecule has 0 saturated carbocycles. The van der Waals surface area contributed by atoms with Gasteiger partial charge in [-0.2, -0.15) is 0 Å². The van der Waals surface area contributed by atoms with E-state index >= 15 is 0 Å². The van der Waals surface area contributed by atoms with Crippen molar-refractivity contribution in [3.63, 3.8) is 0 Å². The molecule has 0 bridgehead atoms. The molecule has 2 fully saturated rings. The number of hydrogen-bond donors (Lipinski definition) is 2. The molecule has 0 radical (unpaired) electrons. The molecule has 8 nitrogen and oxygen atoms in total. The number of imide groups is 1. The molecule has 0 aliphatic carbocycles. The average Bonchev–Trinajstić information content (AvgIpc) is 3.39. The van der Waals surface area contributed by atoms with Gasteiger partial charge in [-0.05, 0) is 99.1 Å². The summed E-state index contributed by atoms with van der Waals surface area (Å²) in [5, 5.41) is 6.08. The molecule has 4 amide bonds. The first kappa shape index (κ1) is 26.0. The third kappa shape index (κ3) is 4.74. The van der Waals surface area contributed by atoms with Gasteiger partial charge in [0.1, 0.15) is 6.04 Å². The molecule has 2 N–H and O–H groups in total. The summed E-state index contributed by atoms with van der Waals surface area (Å²) in [5.74, 6) is -0.668. The third-order valence-corrected chi connectivity index (χ3v) is 9.22.